The topological polar surface area (TPSA) is 64.6 Å². The normalized spacial score (nSPS) is 24.6. The molecule has 1 saturated heterocycles. The average molecular weight is 357 g/mol. The Kier molecular flexibility index (Phi) is 4.16. The Hall–Kier alpha value is -2.11. The van der Waals surface area contributed by atoms with E-state index in [0.717, 1.165) is 61.9 Å². The van der Waals surface area contributed by atoms with Crippen LogP contribution in [0.25, 0.3) is 5.57 Å². The largest absolute Gasteiger partial charge is 0.490 e. The SMILES string of the molecule is Cc1nc(C2=CC3CN(C(=O)OC(C)(C)C)CC3C2)nc2c1OCCC2. The molecule has 3 aliphatic rings. The zero-order valence-corrected chi connectivity index (χ0v) is 16.0. The van der Waals surface area contributed by atoms with Crippen molar-refractivity contribution >= 4 is 11.7 Å². The molecule has 0 saturated carbocycles. The summed E-state index contributed by atoms with van der Waals surface area (Å²) in [6.45, 7) is 9.92. The Morgan fingerprint density at radius 2 is 2.12 bits per heavy atom. The molecule has 0 aromatic carbocycles. The number of carbonyl (C=O) groups excluding carboxylic acids is 1. The predicted octanol–water partition coefficient (Wildman–Crippen LogP) is 3.38. The highest BCUT2D eigenvalue weighted by Crippen LogP contribution is 2.41. The predicted molar refractivity (Wildman–Crippen MR) is 98.0 cm³/mol. The first kappa shape index (κ1) is 17.3. The van der Waals surface area contributed by atoms with Crippen LogP contribution in [0, 0.1) is 18.8 Å². The molecule has 0 N–H and O–H groups in total. The number of ether oxygens (including phenoxy) is 2. The highest BCUT2D eigenvalue weighted by molar-refractivity contribution is 5.70. The standard InChI is InChI=1S/C20H27N3O3/c1-12-17-16(6-5-7-25-17)22-18(21-12)13-8-14-10-23(11-15(14)9-13)19(24)26-20(2,3)4/h8,14-15H,5-7,9-11H2,1-4H3. The zero-order chi connectivity index (χ0) is 18.5. The first-order valence-electron chi connectivity index (χ1n) is 9.49. The van der Waals surface area contributed by atoms with Crippen LogP contribution in [0.1, 0.15) is 50.8 Å². The highest BCUT2D eigenvalue weighted by atomic mass is 16.6. The number of hydrogen-bond acceptors (Lipinski definition) is 5. The van der Waals surface area contributed by atoms with Crippen molar-refractivity contribution in [2.75, 3.05) is 19.7 Å². The smallest absolute Gasteiger partial charge is 0.410 e. The van der Waals surface area contributed by atoms with Gasteiger partial charge in [0, 0.05) is 19.0 Å². The van der Waals surface area contributed by atoms with Crippen molar-refractivity contribution in [2.24, 2.45) is 11.8 Å². The third-order valence-corrected chi connectivity index (χ3v) is 5.24. The molecule has 2 aliphatic heterocycles. The van der Waals surface area contributed by atoms with Gasteiger partial charge in [-0.15, -0.1) is 0 Å². The molecular formula is C20H27N3O3. The monoisotopic (exact) mass is 357 g/mol. The second-order valence-corrected chi connectivity index (χ2v) is 8.57. The number of carbonyl (C=O) groups is 1. The minimum absolute atomic E-state index is 0.208. The minimum atomic E-state index is -0.452. The van der Waals surface area contributed by atoms with E-state index < -0.39 is 5.60 Å². The quantitative estimate of drug-likeness (QED) is 0.771. The summed E-state index contributed by atoms with van der Waals surface area (Å²) in [5.41, 5.74) is 2.72. The lowest BCUT2D eigenvalue weighted by atomic mass is 10.00. The summed E-state index contributed by atoms with van der Waals surface area (Å²) >= 11 is 0. The van der Waals surface area contributed by atoms with Crippen molar-refractivity contribution in [1.29, 1.82) is 0 Å². The second kappa shape index (κ2) is 6.25. The van der Waals surface area contributed by atoms with Crippen LogP contribution < -0.4 is 4.74 Å². The maximum absolute atomic E-state index is 12.3. The van der Waals surface area contributed by atoms with Crippen molar-refractivity contribution < 1.29 is 14.3 Å². The van der Waals surface area contributed by atoms with Gasteiger partial charge in [0.1, 0.15) is 5.60 Å². The number of rotatable bonds is 1. The van der Waals surface area contributed by atoms with Gasteiger partial charge in [-0.3, -0.25) is 0 Å². The molecular weight excluding hydrogens is 330 g/mol. The summed E-state index contributed by atoms with van der Waals surface area (Å²) in [5, 5.41) is 0. The van der Waals surface area contributed by atoms with Gasteiger partial charge in [0.25, 0.3) is 0 Å². The van der Waals surface area contributed by atoms with E-state index in [9.17, 15) is 4.79 Å². The number of likely N-dealkylation sites (tertiary alicyclic amines) is 1. The Morgan fingerprint density at radius 3 is 2.85 bits per heavy atom. The summed E-state index contributed by atoms with van der Waals surface area (Å²) in [6.07, 6.45) is 4.94. The van der Waals surface area contributed by atoms with E-state index in [1.807, 2.05) is 32.6 Å². The maximum Gasteiger partial charge on any atom is 0.410 e. The van der Waals surface area contributed by atoms with Crippen molar-refractivity contribution in [3.05, 3.63) is 23.3 Å². The molecule has 140 valence electrons. The van der Waals surface area contributed by atoms with Crippen LogP contribution in [-0.2, 0) is 11.2 Å². The van der Waals surface area contributed by atoms with Crippen LogP contribution in [0.4, 0.5) is 4.79 Å². The molecule has 1 amide bonds. The van der Waals surface area contributed by atoms with Gasteiger partial charge in [0.15, 0.2) is 11.6 Å². The lowest BCUT2D eigenvalue weighted by Crippen LogP contribution is -2.35. The molecule has 0 radical (unpaired) electrons. The molecule has 0 spiro atoms. The lowest BCUT2D eigenvalue weighted by Gasteiger charge is -2.24. The molecule has 4 rings (SSSR count). The second-order valence-electron chi connectivity index (χ2n) is 8.57. The van der Waals surface area contributed by atoms with Crippen LogP contribution in [0.5, 0.6) is 5.75 Å². The fraction of sp³-hybridized carbons (Fsp3) is 0.650. The Balaban J connectivity index is 1.48. The molecule has 2 unspecified atom stereocenters. The van der Waals surface area contributed by atoms with Gasteiger partial charge in [0.2, 0.25) is 0 Å². The summed E-state index contributed by atoms with van der Waals surface area (Å²) in [4.78, 5) is 23.6. The lowest BCUT2D eigenvalue weighted by molar-refractivity contribution is 0.0285. The van der Waals surface area contributed by atoms with Crippen molar-refractivity contribution in [2.45, 2.75) is 52.6 Å². The van der Waals surface area contributed by atoms with E-state index in [-0.39, 0.29) is 6.09 Å². The van der Waals surface area contributed by atoms with E-state index in [4.69, 9.17) is 14.5 Å². The van der Waals surface area contributed by atoms with Gasteiger partial charge in [-0.25, -0.2) is 14.8 Å². The zero-order valence-electron chi connectivity index (χ0n) is 16.0. The van der Waals surface area contributed by atoms with Gasteiger partial charge < -0.3 is 14.4 Å². The summed E-state index contributed by atoms with van der Waals surface area (Å²) < 4.78 is 11.2. The third kappa shape index (κ3) is 3.29. The molecule has 1 aliphatic carbocycles. The van der Waals surface area contributed by atoms with Crippen LogP contribution in [0.2, 0.25) is 0 Å². The first-order valence-corrected chi connectivity index (χ1v) is 9.49. The fourth-order valence-electron chi connectivity index (χ4n) is 4.09. The van der Waals surface area contributed by atoms with E-state index in [2.05, 4.69) is 11.1 Å². The third-order valence-electron chi connectivity index (χ3n) is 5.24. The minimum Gasteiger partial charge on any atom is -0.490 e. The van der Waals surface area contributed by atoms with E-state index in [1.165, 1.54) is 5.57 Å². The maximum atomic E-state index is 12.3. The van der Waals surface area contributed by atoms with E-state index >= 15 is 0 Å². The fourth-order valence-corrected chi connectivity index (χ4v) is 4.09. The molecule has 6 heteroatoms. The molecule has 3 heterocycles. The molecule has 1 fully saturated rings. The molecule has 2 atom stereocenters. The molecule has 26 heavy (non-hydrogen) atoms. The van der Waals surface area contributed by atoms with Crippen LogP contribution in [-0.4, -0.2) is 46.3 Å². The first-order chi connectivity index (χ1) is 12.3. The van der Waals surface area contributed by atoms with Gasteiger partial charge in [-0.05, 0) is 58.4 Å². The van der Waals surface area contributed by atoms with Crippen molar-refractivity contribution in [3.8, 4) is 5.75 Å². The van der Waals surface area contributed by atoms with Crippen LogP contribution in [0.15, 0.2) is 6.08 Å². The van der Waals surface area contributed by atoms with Gasteiger partial charge in [-0.1, -0.05) is 6.08 Å². The van der Waals surface area contributed by atoms with Gasteiger partial charge in [-0.2, -0.15) is 0 Å². The number of hydrogen-bond donors (Lipinski definition) is 0. The Morgan fingerprint density at radius 1 is 1.31 bits per heavy atom. The number of aryl methyl sites for hydroxylation is 2. The summed E-state index contributed by atoms with van der Waals surface area (Å²) in [6, 6.07) is 0. The van der Waals surface area contributed by atoms with E-state index in [1.54, 1.807) is 0 Å². The number of amides is 1. The number of allylic oxidation sites excluding steroid dienone is 1. The Labute approximate surface area is 154 Å². The van der Waals surface area contributed by atoms with Gasteiger partial charge >= 0.3 is 6.09 Å². The molecule has 1 aromatic rings. The van der Waals surface area contributed by atoms with Crippen LogP contribution in [0.3, 0.4) is 0 Å². The highest BCUT2D eigenvalue weighted by Gasteiger charge is 2.40. The molecule has 1 aromatic heterocycles. The molecule has 0 bridgehead atoms. The van der Waals surface area contributed by atoms with E-state index in [0.29, 0.717) is 11.8 Å². The Bertz CT molecular complexity index is 766. The molecule has 6 nitrogen and oxygen atoms in total. The average Bonchev–Trinajstić information content (AvgIpc) is 3.12. The van der Waals surface area contributed by atoms with Crippen LogP contribution >= 0.6 is 0 Å². The number of fused-ring (bicyclic) bond motifs is 2. The van der Waals surface area contributed by atoms with Crippen molar-refractivity contribution in [3.63, 3.8) is 0 Å². The van der Waals surface area contributed by atoms with Crippen molar-refractivity contribution in [1.82, 2.24) is 14.9 Å². The van der Waals surface area contributed by atoms with Gasteiger partial charge in [0.05, 0.1) is 18.0 Å². The summed E-state index contributed by atoms with van der Waals surface area (Å²) in [7, 11) is 0. The number of nitrogens with zero attached hydrogens (tertiary/aromatic N) is 3. The summed E-state index contributed by atoms with van der Waals surface area (Å²) in [5.74, 6) is 2.52. The number of aromatic nitrogens is 2.